The largest absolute Gasteiger partial charge is 0.493 e. The van der Waals surface area contributed by atoms with Gasteiger partial charge >= 0.3 is 0 Å². The maximum atomic E-state index is 5.76. The van der Waals surface area contributed by atoms with Crippen LogP contribution in [0.25, 0.3) is 0 Å². The smallest absolute Gasteiger partial charge is 0.123 e. The molecule has 0 aliphatic heterocycles. The zero-order valence-electron chi connectivity index (χ0n) is 12.7. The van der Waals surface area contributed by atoms with E-state index in [1.807, 2.05) is 12.1 Å². The molecule has 0 saturated heterocycles. The lowest BCUT2D eigenvalue weighted by Crippen LogP contribution is -2.20. The number of hydrogen-bond acceptors (Lipinski definition) is 3. The molecule has 0 atom stereocenters. The Bertz CT molecular complexity index is 383. The first kappa shape index (κ1) is 17.5. The fourth-order valence-electron chi connectivity index (χ4n) is 1.73. The maximum absolute atomic E-state index is 5.76. The van der Waals surface area contributed by atoms with E-state index in [0.717, 1.165) is 49.6 Å². The molecule has 1 rings (SSSR count). The Morgan fingerprint density at radius 1 is 1.25 bits per heavy atom. The van der Waals surface area contributed by atoms with Crippen molar-refractivity contribution in [3.8, 4) is 5.75 Å². The SMILES string of the molecule is CCCOc1ccc(Br)cc1CNCCOCC(C)C. The van der Waals surface area contributed by atoms with Crippen LogP contribution in [0.2, 0.25) is 0 Å². The molecule has 1 aromatic carbocycles. The summed E-state index contributed by atoms with van der Waals surface area (Å²) in [5, 5.41) is 3.39. The molecule has 1 aromatic rings. The summed E-state index contributed by atoms with van der Waals surface area (Å²) >= 11 is 3.51. The van der Waals surface area contributed by atoms with Gasteiger partial charge in [-0.1, -0.05) is 36.7 Å². The number of hydrogen-bond donors (Lipinski definition) is 1. The molecule has 3 nitrogen and oxygen atoms in total. The predicted molar refractivity (Wildman–Crippen MR) is 87.3 cm³/mol. The molecule has 0 aliphatic carbocycles. The molecule has 20 heavy (non-hydrogen) atoms. The summed E-state index contributed by atoms with van der Waals surface area (Å²) in [6, 6.07) is 6.14. The number of nitrogens with one attached hydrogen (secondary N) is 1. The minimum absolute atomic E-state index is 0.592. The number of ether oxygens (including phenoxy) is 2. The average molecular weight is 344 g/mol. The standard InChI is InChI=1S/C16H26BrNO2/c1-4-8-20-16-6-5-15(17)10-14(16)11-18-7-9-19-12-13(2)3/h5-6,10,13,18H,4,7-9,11-12H2,1-3H3. The Morgan fingerprint density at radius 3 is 2.75 bits per heavy atom. The molecule has 0 heterocycles. The van der Waals surface area contributed by atoms with Gasteiger partial charge in [0.15, 0.2) is 0 Å². The molecule has 0 aliphatic rings. The molecule has 4 heteroatoms. The van der Waals surface area contributed by atoms with Crippen LogP contribution in [-0.2, 0) is 11.3 Å². The fraction of sp³-hybridized carbons (Fsp3) is 0.625. The summed E-state index contributed by atoms with van der Waals surface area (Å²) in [6.07, 6.45) is 1.02. The third-order valence-electron chi connectivity index (χ3n) is 2.67. The lowest BCUT2D eigenvalue weighted by Gasteiger charge is -2.13. The van der Waals surface area contributed by atoms with Gasteiger partial charge in [0, 0.05) is 29.7 Å². The highest BCUT2D eigenvalue weighted by molar-refractivity contribution is 9.10. The zero-order chi connectivity index (χ0) is 14.8. The van der Waals surface area contributed by atoms with Crippen molar-refractivity contribution in [2.75, 3.05) is 26.4 Å². The third-order valence-corrected chi connectivity index (χ3v) is 3.17. The third kappa shape index (κ3) is 7.27. The Balaban J connectivity index is 2.35. The fourth-order valence-corrected chi connectivity index (χ4v) is 2.13. The first-order valence-electron chi connectivity index (χ1n) is 7.33. The summed E-state index contributed by atoms with van der Waals surface area (Å²) in [7, 11) is 0. The predicted octanol–water partition coefficient (Wildman–Crippen LogP) is 4.00. The van der Waals surface area contributed by atoms with Crippen molar-refractivity contribution in [2.45, 2.75) is 33.7 Å². The van der Waals surface area contributed by atoms with E-state index in [1.54, 1.807) is 0 Å². The van der Waals surface area contributed by atoms with E-state index in [4.69, 9.17) is 9.47 Å². The van der Waals surface area contributed by atoms with Crippen molar-refractivity contribution in [3.05, 3.63) is 28.2 Å². The number of halogens is 1. The molecule has 0 spiro atoms. The monoisotopic (exact) mass is 343 g/mol. The van der Waals surface area contributed by atoms with Crippen LogP contribution in [0.4, 0.5) is 0 Å². The van der Waals surface area contributed by atoms with Crippen LogP contribution in [0.5, 0.6) is 5.75 Å². The normalized spacial score (nSPS) is 11.1. The highest BCUT2D eigenvalue weighted by Crippen LogP contribution is 2.23. The summed E-state index contributed by atoms with van der Waals surface area (Å²) in [6.45, 7) is 10.4. The Hall–Kier alpha value is -0.580. The second-order valence-electron chi connectivity index (χ2n) is 5.25. The van der Waals surface area contributed by atoms with Gasteiger partial charge in [0.05, 0.1) is 13.2 Å². The van der Waals surface area contributed by atoms with Crippen molar-refractivity contribution >= 4 is 15.9 Å². The lowest BCUT2D eigenvalue weighted by atomic mass is 10.2. The Morgan fingerprint density at radius 2 is 2.05 bits per heavy atom. The molecule has 0 aromatic heterocycles. The molecule has 114 valence electrons. The summed E-state index contributed by atoms with van der Waals surface area (Å²) in [5.41, 5.74) is 1.18. The maximum Gasteiger partial charge on any atom is 0.123 e. The van der Waals surface area contributed by atoms with E-state index < -0.39 is 0 Å². The van der Waals surface area contributed by atoms with Crippen LogP contribution in [-0.4, -0.2) is 26.4 Å². The average Bonchev–Trinajstić information content (AvgIpc) is 2.41. The summed E-state index contributed by atoms with van der Waals surface area (Å²) in [5.74, 6) is 1.56. The molecule has 1 N–H and O–H groups in total. The van der Waals surface area contributed by atoms with E-state index in [2.05, 4.69) is 48.1 Å². The molecule has 0 radical (unpaired) electrons. The number of benzene rings is 1. The van der Waals surface area contributed by atoms with Gasteiger partial charge < -0.3 is 14.8 Å². The first-order chi connectivity index (χ1) is 9.63. The zero-order valence-corrected chi connectivity index (χ0v) is 14.3. The minimum Gasteiger partial charge on any atom is -0.493 e. The molecular weight excluding hydrogens is 318 g/mol. The summed E-state index contributed by atoms with van der Waals surface area (Å²) in [4.78, 5) is 0. The van der Waals surface area contributed by atoms with E-state index in [0.29, 0.717) is 5.92 Å². The molecule has 0 bridgehead atoms. The van der Waals surface area contributed by atoms with Crippen LogP contribution in [0, 0.1) is 5.92 Å². The second-order valence-corrected chi connectivity index (χ2v) is 6.16. The van der Waals surface area contributed by atoms with Crippen LogP contribution >= 0.6 is 15.9 Å². The van der Waals surface area contributed by atoms with Gasteiger partial charge in [-0.25, -0.2) is 0 Å². The van der Waals surface area contributed by atoms with E-state index in [1.165, 1.54) is 5.56 Å². The second kappa shape index (κ2) is 10.2. The highest BCUT2D eigenvalue weighted by Gasteiger charge is 2.04. The van der Waals surface area contributed by atoms with Gasteiger partial charge in [-0.15, -0.1) is 0 Å². The van der Waals surface area contributed by atoms with Gasteiger partial charge in [-0.3, -0.25) is 0 Å². The minimum atomic E-state index is 0.592. The lowest BCUT2D eigenvalue weighted by molar-refractivity contribution is 0.111. The van der Waals surface area contributed by atoms with Crippen molar-refractivity contribution in [1.82, 2.24) is 5.32 Å². The molecular formula is C16H26BrNO2. The van der Waals surface area contributed by atoms with Gasteiger partial charge in [0.25, 0.3) is 0 Å². The van der Waals surface area contributed by atoms with Gasteiger partial charge in [-0.05, 0) is 30.5 Å². The van der Waals surface area contributed by atoms with Gasteiger partial charge in [0.1, 0.15) is 5.75 Å². The quantitative estimate of drug-likeness (QED) is 0.651. The van der Waals surface area contributed by atoms with E-state index in [-0.39, 0.29) is 0 Å². The molecule has 0 unspecified atom stereocenters. The molecule has 0 fully saturated rings. The van der Waals surface area contributed by atoms with Crippen molar-refractivity contribution in [1.29, 1.82) is 0 Å². The van der Waals surface area contributed by atoms with Crippen molar-refractivity contribution < 1.29 is 9.47 Å². The molecule has 0 saturated carbocycles. The van der Waals surface area contributed by atoms with Gasteiger partial charge in [0.2, 0.25) is 0 Å². The van der Waals surface area contributed by atoms with Crippen molar-refractivity contribution in [3.63, 3.8) is 0 Å². The first-order valence-corrected chi connectivity index (χ1v) is 8.12. The topological polar surface area (TPSA) is 30.5 Å². The van der Waals surface area contributed by atoms with E-state index >= 15 is 0 Å². The van der Waals surface area contributed by atoms with Crippen molar-refractivity contribution in [2.24, 2.45) is 5.92 Å². The summed E-state index contributed by atoms with van der Waals surface area (Å²) < 4.78 is 12.4. The van der Waals surface area contributed by atoms with Crippen LogP contribution in [0.3, 0.4) is 0 Å². The van der Waals surface area contributed by atoms with Crippen LogP contribution < -0.4 is 10.1 Å². The number of rotatable bonds is 10. The van der Waals surface area contributed by atoms with Crippen LogP contribution in [0.15, 0.2) is 22.7 Å². The van der Waals surface area contributed by atoms with Gasteiger partial charge in [-0.2, -0.15) is 0 Å². The molecule has 0 amide bonds. The Labute approximate surface area is 131 Å². The highest BCUT2D eigenvalue weighted by atomic mass is 79.9. The van der Waals surface area contributed by atoms with Crippen LogP contribution in [0.1, 0.15) is 32.8 Å². The Kier molecular flexibility index (Phi) is 8.90. The van der Waals surface area contributed by atoms with E-state index in [9.17, 15) is 0 Å².